The average molecular weight is 281 g/mol. The molecule has 2 aromatic rings. The van der Waals surface area contributed by atoms with Gasteiger partial charge in [0.2, 0.25) is 0 Å². The monoisotopic (exact) mass is 281 g/mol. The zero-order valence-electron chi connectivity index (χ0n) is 10.7. The number of anilines is 1. The topological polar surface area (TPSA) is 67.3 Å². The first kappa shape index (κ1) is 14.1. The number of ether oxygens (including phenoxy) is 1. The molecule has 2 rings (SSSR count). The van der Waals surface area contributed by atoms with Crippen LogP contribution in [0.5, 0.6) is 5.75 Å². The molecule has 0 bridgehead atoms. The Labute approximate surface area is 114 Å². The largest absolute Gasteiger partial charge is 0.494 e. The molecule has 0 aliphatic heterocycles. The average Bonchev–Trinajstić information content (AvgIpc) is 2.47. The number of nitrogens with zero attached hydrogens (tertiary/aromatic N) is 2. The van der Waals surface area contributed by atoms with Crippen molar-refractivity contribution >= 4 is 5.82 Å². The molecule has 1 aromatic heterocycles. The van der Waals surface area contributed by atoms with Crippen LogP contribution in [-0.2, 0) is 0 Å². The zero-order valence-corrected chi connectivity index (χ0v) is 10.7. The highest BCUT2D eigenvalue weighted by Gasteiger charge is 2.14. The Bertz CT molecular complexity index is 608. The van der Waals surface area contributed by atoms with E-state index in [1.165, 1.54) is 19.2 Å². The highest BCUT2D eigenvalue weighted by atomic mass is 19.1. The zero-order chi connectivity index (χ0) is 14.5. The van der Waals surface area contributed by atoms with E-state index < -0.39 is 11.6 Å². The Morgan fingerprint density at radius 2 is 2.15 bits per heavy atom. The van der Waals surface area contributed by atoms with Crippen LogP contribution in [0.15, 0.2) is 24.4 Å². The molecule has 0 saturated carbocycles. The maximum atomic E-state index is 14.1. The molecule has 0 amide bonds. The van der Waals surface area contributed by atoms with Gasteiger partial charge in [0, 0.05) is 6.54 Å². The number of nitrogens with one attached hydrogen (secondary N) is 1. The molecular formula is C13H13F2N3O2. The minimum Gasteiger partial charge on any atom is -0.494 e. The molecule has 0 radical (unpaired) electrons. The Kier molecular flexibility index (Phi) is 4.41. The third-order valence-electron chi connectivity index (χ3n) is 2.57. The molecule has 0 aliphatic rings. The molecule has 0 saturated heterocycles. The van der Waals surface area contributed by atoms with Gasteiger partial charge in [0.25, 0.3) is 0 Å². The van der Waals surface area contributed by atoms with Gasteiger partial charge in [-0.2, -0.15) is 0 Å². The van der Waals surface area contributed by atoms with E-state index in [-0.39, 0.29) is 36.1 Å². The van der Waals surface area contributed by atoms with Crippen molar-refractivity contribution in [2.24, 2.45) is 0 Å². The molecule has 0 atom stereocenters. The molecule has 0 fully saturated rings. The number of halogens is 2. The maximum Gasteiger partial charge on any atom is 0.183 e. The molecule has 20 heavy (non-hydrogen) atoms. The summed E-state index contributed by atoms with van der Waals surface area (Å²) >= 11 is 0. The molecule has 5 nitrogen and oxygen atoms in total. The normalized spacial score (nSPS) is 10.4. The Balaban J connectivity index is 2.43. The van der Waals surface area contributed by atoms with Gasteiger partial charge in [-0.05, 0) is 12.1 Å². The lowest BCUT2D eigenvalue weighted by atomic mass is 10.2. The summed E-state index contributed by atoms with van der Waals surface area (Å²) in [4.78, 5) is 7.68. The molecule has 7 heteroatoms. The second kappa shape index (κ2) is 6.25. The molecule has 2 N–H and O–H groups in total. The van der Waals surface area contributed by atoms with Crippen molar-refractivity contribution in [3.8, 4) is 17.1 Å². The number of methoxy groups -OCH3 is 1. The predicted molar refractivity (Wildman–Crippen MR) is 69.5 cm³/mol. The van der Waals surface area contributed by atoms with Crippen molar-refractivity contribution in [3.05, 3.63) is 36.0 Å². The van der Waals surface area contributed by atoms with Gasteiger partial charge in [0.15, 0.2) is 29.0 Å². The van der Waals surface area contributed by atoms with Crippen LogP contribution < -0.4 is 10.1 Å². The van der Waals surface area contributed by atoms with Crippen LogP contribution in [0.2, 0.25) is 0 Å². The number of rotatable bonds is 5. The maximum absolute atomic E-state index is 14.1. The SMILES string of the molecule is COc1cccc(-c2ncc(F)c(NCCO)n2)c1F. The number of aromatic nitrogens is 2. The van der Waals surface area contributed by atoms with Crippen molar-refractivity contribution in [2.75, 3.05) is 25.6 Å². The molecule has 1 aromatic carbocycles. The highest BCUT2D eigenvalue weighted by molar-refractivity contribution is 5.60. The lowest BCUT2D eigenvalue weighted by Crippen LogP contribution is -2.10. The smallest absolute Gasteiger partial charge is 0.183 e. The molecule has 0 spiro atoms. The highest BCUT2D eigenvalue weighted by Crippen LogP contribution is 2.27. The van der Waals surface area contributed by atoms with Gasteiger partial charge in [0.1, 0.15) is 0 Å². The first-order valence-electron chi connectivity index (χ1n) is 5.87. The minimum atomic E-state index is -0.675. The standard InChI is InChI=1S/C13H13F2N3O2/c1-20-10-4-2-3-8(11(10)15)12-17-7-9(14)13(18-12)16-5-6-19/h2-4,7,19H,5-6H2,1H3,(H,16,17,18). The Morgan fingerprint density at radius 1 is 1.35 bits per heavy atom. The summed E-state index contributed by atoms with van der Waals surface area (Å²) in [7, 11) is 1.35. The van der Waals surface area contributed by atoms with E-state index in [2.05, 4.69) is 15.3 Å². The van der Waals surface area contributed by atoms with Crippen LogP contribution in [0.1, 0.15) is 0 Å². The first-order valence-corrected chi connectivity index (χ1v) is 5.87. The van der Waals surface area contributed by atoms with Crippen LogP contribution >= 0.6 is 0 Å². The third kappa shape index (κ3) is 2.83. The Morgan fingerprint density at radius 3 is 2.85 bits per heavy atom. The number of aliphatic hydroxyl groups is 1. The van der Waals surface area contributed by atoms with Crippen LogP contribution in [0, 0.1) is 11.6 Å². The van der Waals surface area contributed by atoms with Gasteiger partial charge in [-0.15, -0.1) is 0 Å². The van der Waals surface area contributed by atoms with Gasteiger partial charge < -0.3 is 15.2 Å². The fourth-order valence-electron chi connectivity index (χ4n) is 1.64. The van der Waals surface area contributed by atoms with Gasteiger partial charge >= 0.3 is 0 Å². The summed E-state index contributed by atoms with van der Waals surface area (Å²) in [6, 6.07) is 4.53. The van der Waals surface area contributed by atoms with Gasteiger partial charge in [-0.25, -0.2) is 18.7 Å². The predicted octanol–water partition coefficient (Wildman–Crippen LogP) is 1.83. The van der Waals surface area contributed by atoms with Crippen LogP contribution in [-0.4, -0.2) is 35.3 Å². The summed E-state index contributed by atoms with van der Waals surface area (Å²) in [6.07, 6.45) is 0.945. The summed E-state index contributed by atoms with van der Waals surface area (Å²) in [5.74, 6) is -1.30. The number of hydrogen-bond donors (Lipinski definition) is 2. The van der Waals surface area contributed by atoms with Crippen molar-refractivity contribution in [2.45, 2.75) is 0 Å². The van der Waals surface area contributed by atoms with Gasteiger partial charge in [-0.1, -0.05) is 6.07 Å². The third-order valence-corrected chi connectivity index (χ3v) is 2.57. The van der Waals surface area contributed by atoms with Gasteiger partial charge in [0.05, 0.1) is 25.5 Å². The number of aliphatic hydroxyl groups excluding tert-OH is 1. The van der Waals surface area contributed by atoms with Crippen LogP contribution in [0.4, 0.5) is 14.6 Å². The van der Waals surface area contributed by atoms with E-state index >= 15 is 0 Å². The molecule has 106 valence electrons. The van der Waals surface area contributed by atoms with E-state index in [1.54, 1.807) is 6.07 Å². The van der Waals surface area contributed by atoms with E-state index in [1.807, 2.05) is 0 Å². The Hall–Kier alpha value is -2.28. The van der Waals surface area contributed by atoms with E-state index in [0.717, 1.165) is 6.20 Å². The fourth-order valence-corrected chi connectivity index (χ4v) is 1.64. The summed E-state index contributed by atoms with van der Waals surface area (Å²) in [5, 5.41) is 11.3. The van der Waals surface area contributed by atoms with Crippen molar-refractivity contribution in [1.29, 1.82) is 0 Å². The summed E-state index contributed by atoms with van der Waals surface area (Å²) in [6.45, 7) is -0.0414. The van der Waals surface area contributed by atoms with Crippen molar-refractivity contribution in [1.82, 2.24) is 9.97 Å². The lowest BCUT2D eigenvalue weighted by Gasteiger charge is -2.09. The van der Waals surface area contributed by atoms with E-state index in [4.69, 9.17) is 9.84 Å². The van der Waals surface area contributed by atoms with E-state index in [0.29, 0.717) is 0 Å². The summed E-state index contributed by atoms with van der Waals surface area (Å²) in [5.41, 5.74) is 0.108. The van der Waals surface area contributed by atoms with Crippen LogP contribution in [0.25, 0.3) is 11.4 Å². The number of hydrogen-bond acceptors (Lipinski definition) is 5. The minimum absolute atomic E-state index is 0.0308. The molecular weight excluding hydrogens is 268 g/mol. The fraction of sp³-hybridized carbons (Fsp3) is 0.231. The van der Waals surface area contributed by atoms with Crippen molar-refractivity contribution in [3.63, 3.8) is 0 Å². The van der Waals surface area contributed by atoms with Gasteiger partial charge in [-0.3, -0.25) is 0 Å². The van der Waals surface area contributed by atoms with Crippen LogP contribution in [0.3, 0.4) is 0 Å². The second-order valence-electron chi connectivity index (χ2n) is 3.86. The van der Waals surface area contributed by atoms with Crippen molar-refractivity contribution < 1.29 is 18.6 Å². The number of benzene rings is 1. The summed E-state index contributed by atoms with van der Waals surface area (Å²) < 4.78 is 32.4. The quantitative estimate of drug-likeness (QED) is 0.875. The lowest BCUT2D eigenvalue weighted by molar-refractivity contribution is 0.310. The molecule has 1 heterocycles. The first-order chi connectivity index (χ1) is 9.67. The van der Waals surface area contributed by atoms with E-state index in [9.17, 15) is 8.78 Å². The molecule has 0 unspecified atom stereocenters. The molecule has 0 aliphatic carbocycles. The second-order valence-corrected chi connectivity index (χ2v) is 3.86.